The maximum absolute atomic E-state index is 13.8. The summed E-state index contributed by atoms with van der Waals surface area (Å²) in [5.74, 6) is -0.847. The Morgan fingerprint density at radius 3 is 2.83 bits per heavy atom. The van der Waals surface area contributed by atoms with Gasteiger partial charge in [0.25, 0.3) is 5.91 Å². The normalized spacial score (nSPS) is 17.6. The lowest BCUT2D eigenvalue weighted by Crippen LogP contribution is -2.19. The highest BCUT2D eigenvalue weighted by Crippen LogP contribution is 2.29. The highest BCUT2D eigenvalue weighted by molar-refractivity contribution is 6.30. The van der Waals surface area contributed by atoms with E-state index in [1.54, 1.807) is 6.08 Å². The number of amides is 2. The molecule has 30 heavy (non-hydrogen) atoms. The molecule has 3 heterocycles. The summed E-state index contributed by atoms with van der Waals surface area (Å²) in [6.07, 6.45) is 5.08. The van der Waals surface area contributed by atoms with Gasteiger partial charge in [-0.2, -0.15) is 19.6 Å². The van der Waals surface area contributed by atoms with Crippen molar-refractivity contribution >= 4 is 41.1 Å². The predicted molar refractivity (Wildman–Crippen MR) is 105 cm³/mol. The third-order valence-electron chi connectivity index (χ3n) is 4.61. The van der Waals surface area contributed by atoms with Gasteiger partial charge in [0.05, 0.1) is 17.6 Å². The van der Waals surface area contributed by atoms with Crippen LogP contribution in [-0.4, -0.2) is 37.4 Å². The van der Waals surface area contributed by atoms with Crippen LogP contribution >= 0.6 is 11.6 Å². The van der Waals surface area contributed by atoms with E-state index in [1.807, 2.05) is 0 Å². The molecule has 2 amide bonds. The van der Waals surface area contributed by atoms with Gasteiger partial charge in [-0.15, -0.1) is 0 Å². The van der Waals surface area contributed by atoms with E-state index in [1.165, 1.54) is 22.8 Å². The number of anilines is 1. The molecule has 0 radical (unpaired) electrons. The van der Waals surface area contributed by atoms with Crippen molar-refractivity contribution in [2.75, 3.05) is 5.32 Å². The first-order valence-electron chi connectivity index (χ1n) is 9.16. The van der Waals surface area contributed by atoms with Crippen molar-refractivity contribution in [3.63, 3.8) is 0 Å². The largest absolute Gasteiger partial charge is 0.424 e. The number of fused-ring (bicyclic) bond motifs is 1. The van der Waals surface area contributed by atoms with Crippen LogP contribution in [0, 0.1) is 5.82 Å². The molecule has 11 heteroatoms. The van der Waals surface area contributed by atoms with Gasteiger partial charge in [0.1, 0.15) is 11.6 Å². The fourth-order valence-corrected chi connectivity index (χ4v) is 3.10. The second-order valence-corrected chi connectivity index (χ2v) is 7.39. The quantitative estimate of drug-likeness (QED) is 0.474. The number of halogens is 2. The molecule has 0 bridgehead atoms. The van der Waals surface area contributed by atoms with Gasteiger partial charge in [0.15, 0.2) is 5.65 Å². The van der Waals surface area contributed by atoms with Crippen molar-refractivity contribution in [1.29, 1.82) is 0 Å². The Kier molecular flexibility index (Phi) is 4.35. The van der Waals surface area contributed by atoms with Gasteiger partial charge < -0.3 is 10.1 Å². The van der Waals surface area contributed by atoms with Gasteiger partial charge >= 0.3 is 6.01 Å². The summed E-state index contributed by atoms with van der Waals surface area (Å²) in [6, 6.07) is 4.25. The molecule has 0 atom stereocenters. The van der Waals surface area contributed by atoms with Crippen molar-refractivity contribution in [1.82, 2.24) is 24.9 Å². The molecular weight excluding hydrogens is 415 g/mol. The summed E-state index contributed by atoms with van der Waals surface area (Å²) < 4.78 is 20.9. The Labute approximate surface area is 173 Å². The molecule has 1 aliphatic carbocycles. The van der Waals surface area contributed by atoms with E-state index in [9.17, 15) is 14.0 Å². The molecule has 1 saturated carbocycles. The van der Waals surface area contributed by atoms with Crippen LogP contribution in [0.15, 0.2) is 30.0 Å². The summed E-state index contributed by atoms with van der Waals surface area (Å²) in [7, 11) is 0. The van der Waals surface area contributed by atoms with Gasteiger partial charge in [-0.3, -0.25) is 14.9 Å². The van der Waals surface area contributed by atoms with Crippen molar-refractivity contribution < 1.29 is 18.7 Å². The molecule has 1 aliphatic heterocycles. The summed E-state index contributed by atoms with van der Waals surface area (Å²) >= 11 is 5.71. The molecule has 2 aromatic heterocycles. The third kappa shape index (κ3) is 3.57. The Morgan fingerprint density at radius 1 is 1.30 bits per heavy atom. The first-order chi connectivity index (χ1) is 14.5. The van der Waals surface area contributed by atoms with E-state index in [0.717, 1.165) is 18.9 Å². The Hall–Kier alpha value is -3.53. The number of hydrogen-bond acceptors (Lipinski definition) is 7. The number of rotatable bonds is 5. The Balaban J connectivity index is 1.57. The van der Waals surface area contributed by atoms with E-state index >= 15 is 0 Å². The molecule has 152 valence electrons. The van der Waals surface area contributed by atoms with E-state index in [2.05, 4.69) is 25.7 Å². The Bertz CT molecular complexity index is 1240. The molecule has 2 aliphatic rings. The molecule has 2 N–H and O–H groups in total. The van der Waals surface area contributed by atoms with Gasteiger partial charge in [-0.05, 0) is 31.1 Å². The minimum absolute atomic E-state index is 0.0121. The molecule has 9 nitrogen and oxygen atoms in total. The lowest BCUT2D eigenvalue weighted by Gasteiger charge is -2.09. The summed E-state index contributed by atoms with van der Waals surface area (Å²) in [6.45, 7) is 0. The first-order valence-corrected chi connectivity index (χ1v) is 9.54. The minimum atomic E-state index is -0.627. The van der Waals surface area contributed by atoms with Crippen molar-refractivity contribution in [3.05, 3.63) is 46.4 Å². The van der Waals surface area contributed by atoms with E-state index in [4.69, 9.17) is 16.3 Å². The van der Waals surface area contributed by atoms with Crippen molar-refractivity contribution in [3.8, 4) is 11.8 Å². The summed E-state index contributed by atoms with van der Waals surface area (Å²) in [5.41, 5.74) is 1.20. The zero-order valence-corrected chi connectivity index (χ0v) is 16.1. The first kappa shape index (κ1) is 18.5. The molecule has 1 saturated heterocycles. The number of carbonyl (C=O) groups is 2. The monoisotopic (exact) mass is 428 g/mol. The van der Waals surface area contributed by atoms with Crippen LogP contribution in [0.1, 0.15) is 24.8 Å². The SMILES string of the molecule is O=C1C/C(=C\c2cnn3c(NC4CC4)nc(Oc4ccc(Cl)c(F)c4)nc23)C(=O)N1. The molecule has 3 aromatic rings. The lowest BCUT2D eigenvalue weighted by atomic mass is 10.1. The van der Waals surface area contributed by atoms with E-state index in [0.29, 0.717) is 22.7 Å². The standard InChI is InChI=1S/C19H14ClFN6O3/c20-13-4-3-12(7-14(13)21)30-19-25-16-10(5-9-6-15(28)24-17(9)29)8-22-27(16)18(26-19)23-11-1-2-11/h3-5,7-8,11H,1-2,6H2,(H,23,25,26)(H,24,28,29)/b9-5+. The maximum atomic E-state index is 13.8. The van der Waals surface area contributed by atoms with Gasteiger partial charge in [0, 0.05) is 23.2 Å². The Morgan fingerprint density at radius 2 is 2.13 bits per heavy atom. The predicted octanol–water partition coefficient (Wildman–Crippen LogP) is 2.71. The van der Waals surface area contributed by atoms with Gasteiger partial charge in [-0.25, -0.2) is 4.39 Å². The second kappa shape index (κ2) is 7.06. The zero-order valence-electron chi connectivity index (χ0n) is 15.4. The number of hydrogen-bond donors (Lipinski definition) is 2. The molecule has 1 aromatic carbocycles. The highest BCUT2D eigenvalue weighted by atomic mass is 35.5. The van der Waals surface area contributed by atoms with E-state index < -0.39 is 11.7 Å². The second-order valence-electron chi connectivity index (χ2n) is 6.99. The molecule has 0 unspecified atom stereocenters. The minimum Gasteiger partial charge on any atom is -0.424 e. The average molecular weight is 429 g/mol. The van der Waals surface area contributed by atoms with Gasteiger partial charge in [-0.1, -0.05) is 11.6 Å². The van der Waals surface area contributed by atoms with Crippen LogP contribution in [0.4, 0.5) is 10.3 Å². The third-order valence-corrected chi connectivity index (χ3v) is 4.92. The van der Waals surface area contributed by atoms with Crippen LogP contribution in [0.25, 0.3) is 11.7 Å². The fraction of sp³-hybridized carbons (Fsp3) is 0.211. The average Bonchev–Trinajstić information content (AvgIpc) is 3.34. The fourth-order valence-electron chi connectivity index (χ4n) is 2.98. The van der Waals surface area contributed by atoms with Crippen molar-refractivity contribution in [2.24, 2.45) is 0 Å². The van der Waals surface area contributed by atoms with Crippen molar-refractivity contribution in [2.45, 2.75) is 25.3 Å². The lowest BCUT2D eigenvalue weighted by molar-refractivity contribution is -0.124. The zero-order chi connectivity index (χ0) is 20.8. The van der Waals surface area contributed by atoms with Gasteiger partial charge in [0.2, 0.25) is 11.9 Å². The summed E-state index contributed by atoms with van der Waals surface area (Å²) in [5, 5.41) is 9.76. The van der Waals surface area contributed by atoms with Crippen LogP contribution < -0.4 is 15.4 Å². The smallest absolute Gasteiger partial charge is 0.327 e. The van der Waals surface area contributed by atoms with Crippen LogP contribution in [-0.2, 0) is 9.59 Å². The highest BCUT2D eigenvalue weighted by Gasteiger charge is 2.26. The summed E-state index contributed by atoms with van der Waals surface area (Å²) in [4.78, 5) is 32.1. The maximum Gasteiger partial charge on any atom is 0.327 e. The molecule has 0 spiro atoms. The number of nitrogens with one attached hydrogen (secondary N) is 2. The number of ether oxygens (including phenoxy) is 1. The van der Waals surface area contributed by atoms with Crippen LogP contribution in [0.5, 0.6) is 11.8 Å². The number of carbonyl (C=O) groups excluding carboxylic acids is 2. The van der Waals surface area contributed by atoms with Crippen LogP contribution in [0.2, 0.25) is 5.02 Å². The molecule has 5 rings (SSSR count). The molecular formula is C19H14ClFN6O3. The topological polar surface area (TPSA) is 111 Å². The van der Waals surface area contributed by atoms with Crippen LogP contribution in [0.3, 0.4) is 0 Å². The number of benzene rings is 1. The number of imide groups is 1. The van der Waals surface area contributed by atoms with E-state index in [-0.39, 0.29) is 35.2 Å². The molecule has 2 fully saturated rings. The number of aromatic nitrogens is 4. The number of nitrogens with zero attached hydrogens (tertiary/aromatic N) is 4.